The van der Waals surface area contributed by atoms with E-state index in [0.717, 1.165) is 12.1 Å². The topological polar surface area (TPSA) is 143 Å². The van der Waals surface area contributed by atoms with Crippen LogP contribution in [0.5, 0.6) is 5.75 Å². The summed E-state index contributed by atoms with van der Waals surface area (Å²) in [6, 6.07) is 17.3. The van der Waals surface area contributed by atoms with Crippen molar-refractivity contribution in [1.29, 1.82) is 5.26 Å². The first-order valence-electron chi connectivity index (χ1n) is 11.7. The summed E-state index contributed by atoms with van der Waals surface area (Å²) in [6.07, 6.45) is -4.88. The second-order valence-electron chi connectivity index (χ2n) is 8.56. The Morgan fingerprint density at radius 3 is 2.30 bits per heavy atom. The summed E-state index contributed by atoms with van der Waals surface area (Å²) in [5, 5.41) is 11.7. The highest BCUT2D eigenvalue weighted by Crippen LogP contribution is 2.27. The molecule has 1 aromatic heterocycles. The second-order valence-corrected chi connectivity index (χ2v) is 8.56. The Hall–Kier alpha value is -5.38. The van der Waals surface area contributed by atoms with E-state index in [1.807, 2.05) is 6.07 Å². The van der Waals surface area contributed by atoms with Crippen molar-refractivity contribution in [1.82, 2.24) is 9.55 Å². The number of nitrogens with two attached hydrogens (primary N) is 1. The smallest absolute Gasteiger partial charge is 0.406 e. The van der Waals surface area contributed by atoms with E-state index in [4.69, 9.17) is 11.0 Å². The van der Waals surface area contributed by atoms with Gasteiger partial charge in [0.25, 0.3) is 11.8 Å². The number of nitrogens with zero attached hydrogens (tertiary/aromatic N) is 4. The first kappa shape index (κ1) is 27.6. The van der Waals surface area contributed by atoms with Gasteiger partial charge in [0.1, 0.15) is 5.75 Å². The average Bonchev–Trinajstić information content (AvgIpc) is 3.26. The van der Waals surface area contributed by atoms with Crippen LogP contribution in [0, 0.1) is 11.3 Å². The molecule has 0 saturated carbocycles. The Kier molecular flexibility index (Phi) is 7.71. The van der Waals surface area contributed by atoms with Crippen LogP contribution in [0.2, 0.25) is 0 Å². The maximum absolute atomic E-state index is 13.0. The van der Waals surface area contributed by atoms with Gasteiger partial charge in [0.2, 0.25) is 11.9 Å². The third kappa shape index (κ3) is 6.36. The number of aromatic nitrogens is 2. The lowest BCUT2D eigenvalue weighted by molar-refractivity contribution is -0.274. The fourth-order valence-corrected chi connectivity index (χ4v) is 3.85. The molecule has 0 unspecified atom stereocenters. The van der Waals surface area contributed by atoms with E-state index in [-0.39, 0.29) is 30.0 Å². The molecule has 13 heteroatoms. The summed E-state index contributed by atoms with van der Waals surface area (Å²) < 4.78 is 42.7. The molecule has 0 atom stereocenters. The number of nitriles is 1. The molecule has 0 aliphatic rings. The van der Waals surface area contributed by atoms with Crippen LogP contribution >= 0.6 is 0 Å². The van der Waals surface area contributed by atoms with E-state index in [9.17, 15) is 27.6 Å². The third-order valence-electron chi connectivity index (χ3n) is 5.84. The van der Waals surface area contributed by atoms with Gasteiger partial charge in [-0.1, -0.05) is 0 Å². The van der Waals surface area contributed by atoms with Gasteiger partial charge in [0.15, 0.2) is 0 Å². The van der Waals surface area contributed by atoms with Gasteiger partial charge in [-0.15, -0.1) is 13.2 Å². The molecule has 0 bridgehead atoms. The number of anilines is 2. The van der Waals surface area contributed by atoms with Crippen molar-refractivity contribution in [2.45, 2.75) is 19.3 Å². The number of nitrogens with one attached hydrogen (secondary N) is 1. The van der Waals surface area contributed by atoms with E-state index in [2.05, 4.69) is 15.0 Å². The van der Waals surface area contributed by atoms with Gasteiger partial charge in [0, 0.05) is 36.8 Å². The monoisotopic (exact) mass is 550 g/mol. The number of rotatable bonds is 8. The quantitative estimate of drug-likeness (QED) is 0.336. The zero-order chi connectivity index (χ0) is 29.0. The van der Waals surface area contributed by atoms with E-state index in [0.29, 0.717) is 22.3 Å². The molecular weight excluding hydrogens is 529 g/mol. The number of benzene rings is 3. The average molecular weight is 550 g/mol. The number of alkyl halides is 3. The van der Waals surface area contributed by atoms with Crippen LogP contribution in [0.1, 0.15) is 32.7 Å². The standard InChI is InChI=1S/C27H21F3N6O4/c1-35(25(39)18-6-9-20(10-7-18)40-27(28,29)30)19-8-11-22-21(14-19)33-26(36(22)13-12-23(32)37)34-24(38)17-4-2-16(15-31)3-5-17/h2-11,14H,12-13H2,1H3,(H2,32,37)(H,33,34,38). The first-order valence-corrected chi connectivity index (χ1v) is 11.7. The van der Waals surface area contributed by atoms with Gasteiger partial charge in [-0.25, -0.2) is 4.98 Å². The molecule has 1 heterocycles. The number of hydrogen-bond donors (Lipinski definition) is 2. The van der Waals surface area contributed by atoms with Crippen molar-refractivity contribution in [2.75, 3.05) is 17.3 Å². The highest BCUT2D eigenvalue weighted by Gasteiger charge is 2.31. The fourth-order valence-electron chi connectivity index (χ4n) is 3.85. The van der Waals surface area contributed by atoms with Gasteiger partial charge < -0.3 is 19.9 Å². The third-order valence-corrected chi connectivity index (χ3v) is 5.84. The van der Waals surface area contributed by atoms with Gasteiger partial charge in [0.05, 0.1) is 22.7 Å². The molecule has 40 heavy (non-hydrogen) atoms. The molecule has 4 rings (SSSR count). The Labute approximate surface area is 225 Å². The summed E-state index contributed by atoms with van der Waals surface area (Å²) in [5.74, 6) is -1.87. The molecular formula is C27H21F3N6O4. The van der Waals surface area contributed by atoms with E-state index < -0.39 is 29.8 Å². The van der Waals surface area contributed by atoms with Crippen LogP contribution in [0.3, 0.4) is 0 Å². The Morgan fingerprint density at radius 2 is 1.70 bits per heavy atom. The van der Waals surface area contributed by atoms with Crippen LogP contribution < -0.4 is 20.7 Å². The zero-order valence-electron chi connectivity index (χ0n) is 20.9. The molecule has 0 radical (unpaired) electrons. The summed E-state index contributed by atoms with van der Waals surface area (Å²) >= 11 is 0. The Morgan fingerprint density at radius 1 is 1.05 bits per heavy atom. The largest absolute Gasteiger partial charge is 0.573 e. The highest BCUT2D eigenvalue weighted by atomic mass is 19.4. The number of hydrogen-bond acceptors (Lipinski definition) is 6. The lowest BCUT2D eigenvalue weighted by Gasteiger charge is -2.18. The normalized spacial score (nSPS) is 11.1. The van der Waals surface area contributed by atoms with Gasteiger partial charge in [-0.3, -0.25) is 19.7 Å². The van der Waals surface area contributed by atoms with Crippen molar-refractivity contribution in [3.05, 3.63) is 83.4 Å². The highest BCUT2D eigenvalue weighted by molar-refractivity contribution is 6.07. The van der Waals surface area contributed by atoms with Crippen LogP contribution in [0.15, 0.2) is 66.7 Å². The van der Waals surface area contributed by atoms with E-state index >= 15 is 0 Å². The van der Waals surface area contributed by atoms with E-state index in [1.54, 1.807) is 22.8 Å². The number of amides is 3. The Balaban J connectivity index is 1.61. The number of aryl methyl sites for hydroxylation is 1. The van der Waals surface area contributed by atoms with Crippen molar-refractivity contribution in [3.63, 3.8) is 0 Å². The predicted octanol–water partition coefficient (Wildman–Crippen LogP) is 4.21. The van der Waals surface area contributed by atoms with Crippen LogP contribution in [0.25, 0.3) is 11.0 Å². The molecule has 3 N–H and O–H groups in total. The molecule has 10 nitrogen and oxygen atoms in total. The predicted molar refractivity (Wildman–Crippen MR) is 139 cm³/mol. The van der Waals surface area contributed by atoms with Crippen molar-refractivity contribution in [2.24, 2.45) is 5.73 Å². The lowest BCUT2D eigenvalue weighted by atomic mass is 10.1. The van der Waals surface area contributed by atoms with Crippen LogP contribution in [0.4, 0.5) is 24.8 Å². The molecule has 0 fully saturated rings. The lowest BCUT2D eigenvalue weighted by Crippen LogP contribution is -2.26. The molecule has 204 valence electrons. The molecule has 3 aromatic carbocycles. The summed E-state index contributed by atoms with van der Waals surface area (Å²) in [6.45, 7) is 0.120. The minimum Gasteiger partial charge on any atom is -0.406 e. The number of halogens is 3. The number of carbonyl (C=O) groups is 3. The maximum atomic E-state index is 13.0. The first-order chi connectivity index (χ1) is 18.9. The summed E-state index contributed by atoms with van der Waals surface area (Å²) in [4.78, 5) is 43.0. The summed E-state index contributed by atoms with van der Waals surface area (Å²) in [7, 11) is 1.49. The number of carbonyl (C=O) groups excluding carboxylic acids is 3. The molecule has 0 aliphatic carbocycles. The molecule has 4 aromatic rings. The maximum Gasteiger partial charge on any atom is 0.573 e. The fraction of sp³-hybridized carbons (Fsp3) is 0.148. The molecule has 0 saturated heterocycles. The summed E-state index contributed by atoms with van der Waals surface area (Å²) in [5.41, 5.74) is 7.48. The van der Waals surface area contributed by atoms with E-state index in [1.165, 1.54) is 48.3 Å². The van der Waals surface area contributed by atoms with Crippen molar-refractivity contribution >= 4 is 40.4 Å². The number of primary amides is 1. The molecule has 3 amide bonds. The SMILES string of the molecule is CN(C(=O)c1ccc(OC(F)(F)F)cc1)c1ccc2c(c1)nc(NC(=O)c1ccc(C#N)cc1)n2CCC(N)=O. The zero-order valence-corrected chi connectivity index (χ0v) is 20.9. The number of fused-ring (bicyclic) bond motifs is 1. The number of imidazole rings is 1. The van der Waals surface area contributed by atoms with Crippen LogP contribution in [-0.4, -0.2) is 40.7 Å². The van der Waals surface area contributed by atoms with Crippen molar-refractivity contribution < 1.29 is 32.3 Å². The molecule has 0 spiro atoms. The second kappa shape index (κ2) is 11.2. The van der Waals surface area contributed by atoms with Gasteiger partial charge in [-0.2, -0.15) is 5.26 Å². The Bertz CT molecular complexity index is 1620. The van der Waals surface area contributed by atoms with Gasteiger partial charge >= 0.3 is 6.36 Å². The minimum atomic E-state index is -4.85. The van der Waals surface area contributed by atoms with Gasteiger partial charge in [-0.05, 0) is 66.7 Å². The van der Waals surface area contributed by atoms with Crippen LogP contribution in [-0.2, 0) is 11.3 Å². The number of ether oxygens (including phenoxy) is 1. The minimum absolute atomic E-state index is 0.0284. The van der Waals surface area contributed by atoms with Crippen molar-refractivity contribution in [3.8, 4) is 11.8 Å². The molecule has 0 aliphatic heterocycles.